The Labute approximate surface area is 105 Å². The average Bonchev–Trinajstić information content (AvgIpc) is 3.10. The molecule has 0 heterocycles. The molecule has 4 atom stereocenters. The quantitative estimate of drug-likeness (QED) is 0.518. The van der Waals surface area contributed by atoms with Crippen LogP contribution in [0.25, 0.3) is 0 Å². The van der Waals surface area contributed by atoms with Gasteiger partial charge in [-0.3, -0.25) is 0 Å². The van der Waals surface area contributed by atoms with Crippen LogP contribution in [-0.4, -0.2) is 0 Å². The van der Waals surface area contributed by atoms with E-state index in [4.69, 9.17) is 0 Å². The van der Waals surface area contributed by atoms with Gasteiger partial charge in [-0.1, -0.05) is 35.5 Å². The van der Waals surface area contributed by atoms with E-state index in [2.05, 4.69) is 38.2 Å². The molecule has 0 heteroatoms. The summed E-state index contributed by atoms with van der Waals surface area (Å²) in [6.07, 6.45) is 16.7. The molecule has 0 aliphatic heterocycles. The highest BCUT2D eigenvalue weighted by Gasteiger charge is 2.30. The van der Waals surface area contributed by atoms with Gasteiger partial charge >= 0.3 is 0 Å². The minimum Gasteiger partial charge on any atom is -0.0851 e. The van der Waals surface area contributed by atoms with E-state index >= 15 is 0 Å². The SMILES string of the molecule is C1=CC2CCC1C2.CC(C)=C1CC2C=CC1C2. The van der Waals surface area contributed by atoms with E-state index in [0.29, 0.717) is 0 Å². The van der Waals surface area contributed by atoms with Gasteiger partial charge in [-0.05, 0) is 69.6 Å². The van der Waals surface area contributed by atoms with Crippen LogP contribution >= 0.6 is 0 Å². The van der Waals surface area contributed by atoms with Gasteiger partial charge in [-0.15, -0.1) is 0 Å². The fourth-order valence-corrected chi connectivity index (χ4v) is 3.91. The molecule has 0 aromatic rings. The van der Waals surface area contributed by atoms with E-state index in [9.17, 15) is 0 Å². The standard InChI is InChI=1S/C10H14.C7H10/c1-7(2)10-6-8-3-4-9(10)5-8;1-2-7-4-3-6(1)5-7/h3-4,8-9H,5-6H2,1-2H3;1-2,6-7H,3-5H2. The van der Waals surface area contributed by atoms with Crippen molar-refractivity contribution in [3.05, 3.63) is 35.5 Å². The van der Waals surface area contributed by atoms with Crippen molar-refractivity contribution in [1.82, 2.24) is 0 Å². The van der Waals surface area contributed by atoms with Crippen molar-refractivity contribution in [2.45, 2.75) is 46.0 Å². The van der Waals surface area contributed by atoms with E-state index in [1.165, 1.54) is 32.1 Å². The van der Waals surface area contributed by atoms with Crippen molar-refractivity contribution in [2.24, 2.45) is 23.7 Å². The minimum absolute atomic E-state index is 0.829. The molecular formula is C17H24. The highest BCUT2D eigenvalue weighted by molar-refractivity contribution is 5.29. The average molecular weight is 228 g/mol. The zero-order chi connectivity index (χ0) is 11.8. The lowest BCUT2D eigenvalue weighted by molar-refractivity contribution is 0.691. The van der Waals surface area contributed by atoms with E-state index < -0.39 is 0 Å². The molecular weight excluding hydrogens is 204 g/mol. The second kappa shape index (κ2) is 4.48. The maximum Gasteiger partial charge on any atom is -0.00148 e. The maximum atomic E-state index is 2.39. The molecule has 0 N–H and O–H groups in total. The fraction of sp³-hybridized carbons (Fsp3) is 0.647. The third-order valence-corrected chi connectivity index (χ3v) is 4.91. The Bertz CT molecular complexity index is 367. The van der Waals surface area contributed by atoms with Gasteiger partial charge in [0.1, 0.15) is 0 Å². The van der Waals surface area contributed by atoms with E-state index in [1.807, 2.05) is 0 Å². The first-order chi connectivity index (χ1) is 8.22. The van der Waals surface area contributed by atoms with E-state index in [0.717, 1.165) is 23.7 Å². The molecule has 0 amide bonds. The number of hydrogen-bond acceptors (Lipinski definition) is 0. The number of fused-ring (bicyclic) bond motifs is 4. The molecule has 2 fully saturated rings. The summed E-state index contributed by atoms with van der Waals surface area (Å²) in [4.78, 5) is 0. The summed E-state index contributed by atoms with van der Waals surface area (Å²) in [5.74, 6) is 3.71. The maximum absolute atomic E-state index is 2.39. The van der Waals surface area contributed by atoms with Gasteiger partial charge in [0, 0.05) is 0 Å². The Balaban J connectivity index is 0.000000113. The first-order valence-electron chi connectivity index (χ1n) is 7.25. The summed E-state index contributed by atoms with van der Waals surface area (Å²) in [6.45, 7) is 4.48. The second-order valence-electron chi connectivity index (χ2n) is 6.43. The monoisotopic (exact) mass is 228 g/mol. The van der Waals surface area contributed by atoms with Gasteiger partial charge in [0.25, 0.3) is 0 Å². The lowest BCUT2D eigenvalue weighted by atomic mass is 9.97. The van der Waals surface area contributed by atoms with E-state index in [-0.39, 0.29) is 0 Å². The highest BCUT2D eigenvalue weighted by Crippen LogP contribution is 2.44. The van der Waals surface area contributed by atoms with Gasteiger partial charge in [0.05, 0.1) is 0 Å². The first kappa shape index (κ1) is 11.3. The topological polar surface area (TPSA) is 0 Å². The predicted molar refractivity (Wildman–Crippen MR) is 73.7 cm³/mol. The third-order valence-electron chi connectivity index (χ3n) is 4.91. The molecule has 4 bridgehead atoms. The molecule has 2 saturated carbocycles. The highest BCUT2D eigenvalue weighted by atomic mass is 14.4. The molecule has 4 rings (SSSR count). The molecule has 4 unspecified atom stereocenters. The van der Waals surface area contributed by atoms with Crippen LogP contribution in [-0.2, 0) is 0 Å². The predicted octanol–water partition coefficient (Wildman–Crippen LogP) is 4.89. The van der Waals surface area contributed by atoms with Crippen LogP contribution in [0, 0.1) is 23.7 Å². The van der Waals surface area contributed by atoms with Crippen molar-refractivity contribution in [1.29, 1.82) is 0 Å². The van der Waals surface area contributed by atoms with Crippen LogP contribution < -0.4 is 0 Å². The number of allylic oxidation sites excluding steroid dienone is 6. The zero-order valence-electron chi connectivity index (χ0n) is 11.2. The van der Waals surface area contributed by atoms with Crippen LogP contribution in [0.4, 0.5) is 0 Å². The molecule has 4 aliphatic rings. The Morgan fingerprint density at radius 1 is 0.882 bits per heavy atom. The van der Waals surface area contributed by atoms with Crippen molar-refractivity contribution in [3.8, 4) is 0 Å². The number of rotatable bonds is 0. The summed E-state index contributed by atoms with van der Waals surface area (Å²) < 4.78 is 0. The Kier molecular flexibility index (Phi) is 2.98. The normalized spacial score (nSPS) is 39.8. The third kappa shape index (κ3) is 2.27. The number of hydrogen-bond donors (Lipinski definition) is 0. The van der Waals surface area contributed by atoms with Gasteiger partial charge in [0.15, 0.2) is 0 Å². The summed E-state index contributed by atoms with van der Waals surface area (Å²) in [6, 6.07) is 0. The van der Waals surface area contributed by atoms with Crippen molar-refractivity contribution in [3.63, 3.8) is 0 Å². The van der Waals surface area contributed by atoms with Gasteiger partial charge in [-0.2, -0.15) is 0 Å². The van der Waals surface area contributed by atoms with Gasteiger partial charge in [-0.25, -0.2) is 0 Å². The molecule has 0 saturated heterocycles. The summed E-state index contributed by atoms with van der Waals surface area (Å²) in [7, 11) is 0. The van der Waals surface area contributed by atoms with Crippen molar-refractivity contribution < 1.29 is 0 Å². The molecule has 0 aromatic heterocycles. The zero-order valence-corrected chi connectivity index (χ0v) is 11.2. The Morgan fingerprint density at radius 2 is 1.53 bits per heavy atom. The second-order valence-corrected chi connectivity index (χ2v) is 6.43. The molecule has 0 spiro atoms. The molecule has 0 nitrogen and oxygen atoms in total. The Morgan fingerprint density at radius 3 is 1.76 bits per heavy atom. The van der Waals surface area contributed by atoms with Gasteiger partial charge < -0.3 is 0 Å². The largest absolute Gasteiger partial charge is 0.0851 e. The van der Waals surface area contributed by atoms with Crippen LogP contribution in [0.1, 0.15) is 46.0 Å². The van der Waals surface area contributed by atoms with E-state index in [1.54, 1.807) is 11.1 Å². The lowest BCUT2D eigenvalue weighted by Gasteiger charge is -2.09. The Hall–Kier alpha value is -0.780. The summed E-state index contributed by atoms with van der Waals surface area (Å²) >= 11 is 0. The van der Waals surface area contributed by atoms with Gasteiger partial charge in [0.2, 0.25) is 0 Å². The van der Waals surface area contributed by atoms with Crippen LogP contribution in [0.2, 0.25) is 0 Å². The van der Waals surface area contributed by atoms with Crippen molar-refractivity contribution >= 4 is 0 Å². The summed E-state index contributed by atoms with van der Waals surface area (Å²) in [5, 5.41) is 0. The van der Waals surface area contributed by atoms with Crippen LogP contribution in [0.5, 0.6) is 0 Å². The van der Waals surface area contributed by atoms with Crippen LogP contribution in [0.15, 0.2) is 35.5 Å². The molecule has 0 aromatic carbocycles. The summed E-state index contributed by atoms with van der Waals surface area (Å²) in [5.41, 5.74) is 3.27. The minimum atomic E-state index is 0.829. The van der Waals surface area contributed by atoms with Crippen LogP contribution in [0.3, 0.4) is 0 Å². The smallest absolute Gasteiger partial charge is 0.00148 e. The molecule has 4 aliphatic carbocycles. The first-order valence-corrected chi connectivity index (χ1v) is 7.25. The molecule has 17 heavy (non-hydrogen) atoms. The molecule has 0 radical (unpaired) electrons. The lowest BCUT2D eigenvalue weighted by Crippen LogP contribution is -1.93. The fourth-order valence-electron chi connectivity index (χ4n) is 3.91. The van der Waals surface area contributed by atoms with Crippen molar-refractivity contribution in [2.75, 3.05) is 0 Å². The molecule has 92 valence electrons.